The van der Waals surface area contributed by atoms with E-state index in [1.165, 1.54) is 0 Å². The van der Waals surface area contributed by atoms with Gasteiger partial charge in [0.05, 0.1) is 19.8 Å². The fraction of sp³-hybridized carbons (Fsp3) is 0.500. The second kappa shape index (κ2) is 5.99. The predicted octanol–water partition coefficient (Wildman–Crippen LogP) is 1.58. The fourth-order valence-electron chi connectivity index (χ4n) is 1.40. The van der Waals surface area contributed by atoms with Crippen molar-refractivity contribution in [1.82, 2.24) is 4.57 Å². The Morgan fingerprint density at radius 1 is 1.38 bits per heavy atom. The van der Waals surface area contributed by atoms with Crippen molar-refractivity contribution in [3.8, 4) is 0 Å². The molecule has 1 aromatic heterocycles. The molecule has 5 nitrogen and oxygen atoms in total. The number of aromatic nitrogens is 1. The van der Waals surface area contributed by atoms with Gasteiger partial charge >= 0.3 is 7.60 Å². The van der Waals surface area contributed by atoms with Crippen LogP contribution in [-0.2, 0) is 25.0 Å². The molecule has 0 unspecified atom stereocenters. The number of carbonyl (C=O) groups excluding carboxylic acids is 1. The van der Waals surface area contributed by atoms with E-state index < -0.39 is 7.60 Å². The molecular formula is C10H16NO4P. The topological polar surface area (TPSA) is 57.5 Å². The highest BCUT2D eigenvalue weighted by Crippen LogP contribution is 2.46. The van der Waals surface area contributed by atoms with Crippen molar-refractivity contribution < 1.29 is 18.4 Å². The van der Waals surface area contributed by atoms with Crippen molar-refractivity contribution in [1.29, 1.82) is 0 Å². The van der Waals surface area contributed by atoms with Gasteiger partial charge in [0.25, 0.3) is 0 Å². The number of carbonyl (C=O) groups is 1. The third-order valence-corrected chi connectivity index (χ3v) is 4.12. The van der Waals surface area contributed by atoms with Crippen LogP contribution in [0.2, 0.25) is 0 Å². The van der Waals surface area contributed by atoms with E-state index in [0.717, 1.165) is 6.29 Å². The van der Waals surface area contributed by atoms with Gasteiger partial charge in [-0.05, 0) is 26.0 Å². The number of aldehydes is 1. The van der Waals surface area contributed by atoms with Crippen LogP contribution in [0.1, 0.15) is 13.8 Å². The van der Waals surface area contributed by atoms with Gasteiger partial charge < -0.3 is 18.4 Å². The lowest BCUT2D eigenvalue weighted by Crippen LogP contribution is -2.20. The zero-order chi connectivity index (χ0) is 12.0. The quantitative estimate of drug-likeness (QED) is 0.540. The van der Waals surface area contributed by atoms with Gasteiger partial charge in [-0.15, -0.1) is 0 Å². The molecule has 0 aliphatic rings. The summed E-state index contributed by atoms with van der Waals surface area (Å²) in [6.07, 6.45) is 2.42. The van der Waals surface area contributed by atoms with Gasteiger partial charge in [-0.1, -0.05) is 0 Å². The number of rotatable bonds is 7. The lowest BCUT2D eigenvalue weighted by molar-refractivity contribution is -0.108. The summed E-state index contributed by atoms with van der Waals surface area (Å²) in [5, 5.41) is 0. The fourth-order valence-corrected chi connectivity index (χ4v) is 3.15. The van der Waals surface area contributed by atoms with E-state index >= 15 is 0 Å². The maximum atomic E-state index is 12.4. The van der Waals surface area contributed by atoms with Crippen molar-refractivity contribution in [2.24, 2.45) is 0 Å². The molecule has 0 saturated heterocycles. The minimum absolute atomic E-state index is 0.145. The molecule has 0 fully saturated rings. The molecule has 16 heavy (non-hydrogen) atoms. The molecule has 0 aromatic carbocycles. The molecule has 6 heteroatoms. The summed E-state index contributed by atoms with van der Waals surface area (Å²) in [5.41, 5.74) is 0.420. The highest BCUT2D eigenvalue weighted by molar-refractivity contribution is 7.62. The van der Waals surface area contributed by atoms with Crippen molar-refractivity contribution in [2.45, 2.75) is 20.4 Å². The predicted molar refractivity (Wildman–Crippen MR) is 61.0 cm³/mol. The zero-order valence-corrected chi connectivity index (χ0v) is 10.4. The van der Waals surface area contributed by atoms with E-state index in [1.54, 1.807) is 36.7 Å². The Labute approximate surface area is 94.9 Å². The molecule has 0 radical (unpaired) electrons. The average Bonchev–Trinajstić information content (AvgIpc) is 2.68. The SMILES string of the molecule is CCOP(=O)(OCC)c1cccn1CC=O. The van der Waals surface area contributed by atoms with Crippen LogP contribution in [0, 0.1) is 0 Å². The van der Waals surface area contributed by atoms with Gasteiger partial charge in [-0.2, -0.15) is 0 Å². The Kier molecular flexibility index (Phi) is 4.93. The second-order valence-electron chi connectivity index (χ2n) is 3.02. The maximum Gasteiger partial charge on any atom is 0.377 e. The molecule has 0 saturated carbocycles. The van der Waals surface area contributed by atoms with Gasteiger partial charge in [-0.3, -0.25) is 4.57 Å². The Bertz CT molecular complexity index is 378. The minimum Gasteiger partial charge on any atom is -0.334 e. The van der Waals surface area contributed by atoms with Crippen LogP contribution in [-0.4, -0.2) is 24.1 Å². The number of nitrogens with zero attached hydrogens (tertiary/aromatic N) is 1. The normalized spacial score (nSPS) is 11.6. The van der Waals surface area contributed by atoms with E-state index in [9.17, 15) is 9.36 Å². The van der Waals surface area contributed by atoms with Crippen LogP contribution in [0.3, 0.4) is 0 Å². The largest absolute Gasteiger partial charge is 0.377 e. The van der Waals surface area contributed by atoms with Crippen LogP contribution in [0.15, 0.2) is 18.3 Å². The van der Waals surface area contributed by atoms with Crippen LogP contribution in [0.4, 0.5) is 0 Å². The molecule has 0 atom stereocenters. The molecule has 0 bridgehead atoms. The van der Waals surface area contributed by atoms with Gasteiger partial charge in [0.2, 0.25) is 0 Å². The Morgan fingerprint density at radius 2 is 2.00 bits per heavy atom. The first kappa shape index (κ1) is 13.2. The highest BCUT2D eigenvalue weighted by Gasteiger charge is 2.29. The van der Waals surface area contributed by atoms with E-state index in [4.69, 9.17) is 9.05 Å². The molecular weight excluding hydrogens is 229 g/mol. The van der Waals surface area contributed by atoms with Crippen molar-refractivity contribution >= 4 is 19.3 Å². The van der Waals surface area contributed by atoms with Gasteiger partial charge in [-0.25, -0.2) is 0 Å². The van der Waals surface area contributed by atoms with Crippen LogP contribution < -0.4 is 5.44 Å². The molecule has 1 heterocycles. The molecule has 0 amide bonds. The van der Waals surface area contributed by atoms with Gasteiger partial charge in [0, 0.05) is 6.20 Å². The lowest BCUT2D eigenvalue weighted by Gasteiger charge is -2.18. The van der Waals surface area contributed by atoms with E-state index in [2.05, 4.69) is 0 Å². The smallest absolute Gasteiger partial charge is 0.334 e. The van der Waals surface area contributed by atoms with Crippen molar-refractivity contribution in [3.63, 3.8) is 0 Å². The first-order valence-electron chi connectivity index (χ1n) is 5.16. The third kappa shape index (κ3) is 2.82. The Hall–Kier alpha value is -0.900. The summed E-state index contributed by atoms with van der Waals surface area (Å²) in [4.78, 5) is 10.5. The summed E-state index contributed by atoms with van der Waals surface area (Å²) >= 11 is 0. The molecule has 0 spiro atoms. The molecule has 0 aliphatic heterocycles. The highest BCUT2D eigenvalue weighted by atomic mass is 31.2. The molecule has 90 valence electrons. The maximum absolute atomic E-state index is 12.4. The van der Waals surface area contributed by atoms with Gasteiger partial charge in [0.15, 0.2) is 0 Å². The molecule has 1 rings (SSSR count). The summed E-state index contributed by atoms with van der Waals surface area (Å²) < 4.78 is 24.4. The van der Waals surface area contributed by atoms with Crippen molar-refractivity contribution in [2.75, 3.05) is 13.2 Å². The average molecular weight is 245 g/mol. The second-order valence-corrected chi connectivity index (χ2v) is 4.99. The third-order valence-electron chi connectivity index (χ3n) is 1.96. The number of hydrogen-bond acceptors (Lipinski definition) is 4. The Balaban J connectivity index is 3.04. The van der Waals surface area contributed by atoms with E-state index in [-0.39, 0.29) is 6.54 Å². The first-order valence-corrected chi connectivity index (χ1v) is 6.70. The molecule has 0 aliphatic carbocycles. The minimum atomic E-state index is -3.29. The first-order chi connectivity index (χ1) is 7.68. The van der Waals surface area contributed by atoms with Crippen LogP contribution in [0.25, 0.3) is 0 Å². The summed E-state index contributed by atoms with van der Waals surface area (Å²) in [7, 11) is -3.29. The van der Waals surface area contributed by atoms with Crippen LogP contribution in [0.5, 0.6) is 0 Å². The van der Waals surface area contributed by atoms with Gasteiger partial charge in [0.1, 0.15) is 11.7 Å². The number of hydrogen-bond donors (Lipinski definition) is 0. The zero-order valence-electron chi connectivity index (χ0n) is 9.46. The van der Waals surface area contributed by atoms with Crippen molar-refractivity contribution in [3.05, 3.63) is 18.3 Å². The molecule has 1 aromatic rings. The summed E-state index contributed by atoms with van der Waals surface area (Å²) in [6, 6.07) is 3.36. The lowest BCUT2D eigenvalue weighted by atomic mass is 10.7. The molecule has 0 N–H and O–H groups in total. The Morgan fingerprint density at radius 3 is 2.50 bits per heavy atom. The van der Waals surface area contributed by atoms with Crippen LogP contribution >= 0.6 is 7.60 Å². The summed E-state index contributed by atoms with van der Waals surface area (Å²) in [6.45, 7) is 4.23. The summed E-state index contributed by atoms with van der Waals surface area (Å²) in [5.74, 6) is 0. The standard InChI is InChI=1S/C10H16NO4P/c1-3-14-16(13,15-4-2)10-6-5-7-11(10)8-9-12/h5-7,9H,3-4,8H2,1-2H3. The monoisotopic (exact) mass is 245 g/mol. The van der Waals surface area contributed by atoms with E-state index in [1.807, 2.05) is 0 Å². The van der Waals surface area contributed by atoms with E-state index in [0.29, 0.717) is 18.6 Å².